The highest BCUT2D eigenvalue weighted by molar-refractivity contribution is 5.66. The summed E-state index contributed by atoms with van der Waals surface area (Å²) in [5.41, 5.74) is 4.37. The smallest absolute Gasteiger partial charge is 0.303 e. The summed E-state index contributed by atoms with van der Waals surface area (Å²) < 4.78 is 0. The average Bonchev–Trinajstić information content (AvgIpc) is 2.76. The van der Waals surface area contributed by atoms with Gasteiger partial charge in [0.2, 0.25) is 0 Å². The maximum atomic E-state index is 10.7. The van der Waals surface area contributed by atoms with Crippen LogP contribution in [0.4, 0.5) is 0 Å². The van der Waals surface area contributed by atoms with Gasteiger partial charge in [-0.05, 0) is 68.1 Å². The fourth-order valence-corrected chi connectivity index (χ4v) is 4.31. The van der Waals surface area contributed by atoms with Gasteiger partial charge in [-0.15, -0.1) is 0 Å². The number of hydrogen-bond donors (Lipinski definition) is 2. The predicted octanol–water partition coefficient (Wildman–Crippen LogP) is 7.74. The summed E-state index contributed by atoms with van der Waals surface area (Å²) >= 11 is 0. The third-order valence-corrected chi connectivity index (χ3v) is 6.26. The summed E-state index contributed by atoms with van der Waals surface area (Å²) in [5, 5.41) is 17.5. The van der Waals surface area contributed by atoms with E-state index in [-0.39, 0.29) is 12.8 Å². The molecule has 1 aromatic rings. The van der Waals surface area contributed by atoms with Gasteiger partial charge in [-0.25, -0.2) is 0 Å². The van der Waals surface area contributed by atoms with Crippen LogP contribution in [0.25, 0.3) is 0 Å². The van der Waals surface area contributed by atoms with Crippen LogP contribution in [0.5, 0.6) is 0 Å². The Morgan fingerprint density at radius 3 is 1.62 bits per heavy atom. The molecular formula is C28H46O4. The minimum atomic E-state index is -0.698. The molecule has 0 aliphatic carbocycles. The molecule has 0 bridgehead atoms. The molecule has 0 spiro atoms. The molecule has 0 aliphatic rings. The van der Waals surface area contributed by atoms with Crippen LogP contribution < -0.4 is 0 Å². The Labute approximate surface area is 195 Å². The largest absolute Gasteiger partial charge is 0.481 e. The molecule has 32 heavy (non-hydrogen) atoms. The second-order valence-electron chi connectivity index (χ2n) is 9.24. The SMILES string of the molecule is CCCCCCCCc1ccc(CCCCCCC(=O)O)c(CCCCCCC(=O)O)c1. The van der Waals surface area contributed by atoms with Crippen molar-refractivity contribution in [2.24, 2.45) is 0 Å². The van der Waals surface area contributed by atoms with Gasteiger partial charge in [-0.1, -0.05) is 82.9 Å². The Bertz CT molecular complexity index is 638. The zero-order valence-electron chi connectivity index (χ0n) is 20.4. The molecule has 182 valence electrons. The Morgan fingerprint density at radius 1 is 0.594 bits per heavy atom. The normalized spacial score (nSPS) is 11.0. The molecule has 1 rings (SSSR count). The zero-order chi connectivity index (χ0) is 23.4. The molecule has 4 heteroatoms. The molecule has 0 saturated heterocycles. The lowest BCUT2D eigenvalue weighted by molar-refractivity contribution is -0.138. The molecule has 0 aliphatic heterocycles. The summed E-state index contributed by atoms with van der Waals surface area (Å²) in [4.78, 5) is 21.3. The molecule has 4 nitrogen and oxygen atoms in total. The van der Waals surface area contributed by atoms with Crippen molar-refractivity contribution in [1.82, 2.24) is 0 Å². The highest BCUT2D eigenvalue weighted by Gasteiger charge is 2.06. The van der Waals surface area contributed by atoms with E-state index in [2.05, 4.69) is 25.1 Å². The van der Waals surface area contributed by atoms with Crippen LogP contribution in [0.1, 0.15) is 126 Å². The molecule has 1 aromatic carbocycles. The quantitative estimate of drug-likeness (QED) is 0.189. The maximum Gasteiger partial charge on any atom is 0.303 e. The summed E-state index contributed by atoms with van der Waals surface area (Å²) in [6, 6.07) is 7.05. The first-order valence-electron chi connectivity index (χ1n) is 13.1. The van der Waals surface area contributed by atoms with Crippen molar-refractivity contribution in [3.63, 3.8) is 0 Å². The lowest BCUT2D eigenvalue weighted by Gasteiger charge is -2.13. The lowest BCUT2D eigenvalue weighted by atomic mass is 9.93. The van der Waals surface area contributed by atoms with Crippen LogP contribution in [0.3, 0.4) is 0 Å². The van der Waals surface area contributed by atoms with E-state index in [0.717, 1.165) is 70.6 Å². The number of rotatable bonds is 21. The number of benzene rings is 1. The van der Waals surface area contributed by atoms with Gasteiger partial charge in [0.1, 0.15) is 0 Å². The second kappa shape index (κ2) is 18.7. The number of carbonyl (C=O) groups is 2. The summed E-state index contributed by atoms with van der Waals surface area (Å²) in [6.07, 6.45) is 19.7. The Balaban J connectivity index is 2.50. The highest BCUT2D eigenvalue weighted by atomic mass is 16.4. The molecular weight excluding hydrogens is 400 g/mol. The predicted molar refractivity (Wildman–Crippen MR) is 132 cm³/mol. The van der Waals surface area contributed by atoms with E-state index in [9.17, 15) is 9.59 Å². The number of unbranched alkanes of at least 4 members (excludes halogenated alkanes) is 11. The monoisotopic (exact) mass is 446 g/mol. The number of carboxylic acid groups (broad SMARTS) is 2. The van der Waals surface area contributed by atoms with E-state index in [1.807, 2.05) is 0 Å². The summed E-state index contributed by atoms with van der Waals surface area (Å²) in [5.74, 6) is -1.39. The van der Waals surface area contributed by atoms with Crippen molar-refractivity contribution in [1.29, 1.82) is 0 Å². The first-order valence-corrected chi connectivity index (χ1v) is 13.1. The molecule has 0 saturated carbocycles. The van der Waals surface area contributed by atoms with E-state index in [4.69, 9.17) is 10.2 Å². The number of hydrogen-bond acceptors (Lipinski definition) is 2. The van der Waals surface area contributed by atoms with Crippen LogP contribution in [-0.4, -0.2) is 22.2 Å². The third-order valence-electron chi connectivity index (χ3n) is 6.26. The fourth-order valence-electron chi connectivity index (χ4n) is 4.31. The average molecular weight is 447 g/mol. The maximum absolute atomic E-state index is 10.7. The van der Waals surface area contributed by atoms with Crippen LogP contribution >= 0.6 is 0 Å². The van der Waals surface area contributed by atoms with Crippen molar-refractivity contribution in [3.05, 3.63) is 34.9 Å². The highest BCUT2D eigenvalue weighted by Crippen LogP contribution is 2.21. The first-order chi connectivity index (χ1) is 15.5. The topological polar surface area (TPSA) is 74.6 Å². The molecule has 0 fully saturated rings. The Morgan fingerprint density at radius 2 is 1.06 bits per heavy atom. The fraction of sp³-hybridized carbons (Fsp3) is 0.714. The Kier molecular flexibility index (Phi) is 16.5. The molecule has 0 amide bonds. The zero-order valence-corrected chi connectivity index (χ0v) is 20.4. The second-order valence-corrected chi connectivity index (χ2v) is 9.24. The van der Waals surface area contributed by atoms with Gasteiger partial charge in [-0.2, -0.15) is 0 Å². The van der Waals surface area contributed by atoms with E-state index in [0.29, 0.717) is 0 Å². The minimum absolute atomic E-state index is 0.278. The van der Waals surface area contributed by atoms with Crippen LogP contribution in [0.15, 0.2) is 18.2 Å². The van der Waals surface area contributed by atoms with Crippen LogP contribution in [-0.2, 0) is 28.9 Å². The van der Waals surface area contributed by atoms with Crippen molar-refractivity contribution < 1.29 is 19.8 Å². The van der Waals surface area contributed by atoms with E-state index in [1.54, 1.807) is 0 Å². The standard InChI is InChI=1S/C28H46O4/c1-2-3-4-5-6-11-16-24-21-22-25(17-12-7-9-14-19-27(29)30)26(23-24)18-13-8-10-15-20-28(31)32/h21-23H,2-20H2,1H3,(H,29,30)(H,31,32). The summed E-state index contributed by atoms with van der Waals surface area (Å²) in [6.45, 7) is 2.26. The van der Waals surface area contributed by atoms with E-state index >= 15 is 0 Å². The number of aryl methyl sites for hydroxylation is 3. The van der Waals surface area contributed by atoms with Gasteiger partial charge in [0.15, 0.2) is 0 Å². The molecule has 0 radical (unpaired) electrons. The Hall–Kier alpha value is -1.84. The van der Waals surface area contributed by atoms with E-state index < -0.39 is 11.9 Å². The molecule has 2 N–H and O–H groups in total. The number of aliphatic carboxylic acids is 2. The van der Waals surface area contributed by atoms with Crippen LogP contribution in [0.2, 0.25) is 0 Å². The molecule has 0 atom stereocenters. The van der Waals surface area contributed by atoms with Crippen molar-refractivity contribution in [3.8, 4) is 0 Å². The van der Waals surface area contributed by atoms with Crippen molar-refractivity contribution in [2.75, 3.05) is 0 Å². The van der Waals surface area contributed by atoms with Gasteiger partial charge in [-0.3, -0.25) is 9.59 Å². The van der Waals surface area contributed by atoms with E-state index in [1.165, 1.54) is 55.2 Å². The van der Waals surface area contributed by atoms with Crippen molar-refractivity contribution in [2.45, 2.75) is 129 Å². The number of carboxylic acids is 2. The molecule has 0 unspecified atom stereocenters. The minimum Gasteiger partial charge on any atom is -0.481 e. The van der Waals surface area contributed by atoms with Crippen molar-refractivity contribution >= 4 is 11.9 Å². The summed E-state index contributed by atoms with van der Waals surface area (Å²) in [7, 11) is 0. The van der Waals surface area contributed by atoms with Gasteiger partial charge < -0.3 is 10.2 Å². The lowest BCUT2D eigenvalue weighted by Crippen LogP contribution is -1.99. The van der Waals surface area contributed by atoms with Gasteiger partial charge in [0.05, 0.1) is 0 Å². The van der Waals surface area contributed by atoms with Gasteiger partial charge >= 0.3 is 11.9 Å². The molecule has 0 heterocycles. The molecule has 0 aromatic heterocycles. The van der Waals surface area contributed by atoms with Gasteiger partial charge in [0, 0.05) is 12.8 Å². The van der Waals surface area contributed by atoms with Crippen LogP contribution in [0, 0.1) is 0 Å². The third kappa shape index (κ3) is 15.0. The first kappa shape index (κ1) is 28.2. The van der Waals surface area contributed by atoms with Gasteiger partial charge in [0.25, 0.3) is 0 Å².